The van der Waals surface area contributed by atoms with Crippen LogP contribution < -0.4 is 15.6 Å². The van der Waals surface area contributed by atoms with Crippen molar-refractivity contribution in [2.75, 3.05) is 12.4 Å². The first-order chi connectivity index (χ1) is 19.5. The molecule has 0 radical (unpaired) electrons. The largest absolute Gasteiger partial charge is 0.497 e. The smallest absolute Gasteiger partial charge is 0.322 e. The number of anilines is 1. The zero-order valence-corrected chi connectivity index (χ0v) is 22.9. The molecule has 1 unspecified atom stereocenters. The standard InChI is InChI=1S/C33H32N4O3/c1-4-30(36(22-24-12-6-5-7-13-24)33(39)34-25-14-10-11-23(2)21-25)31-35-29-16-9-8-15-28(29)32(38)37(31)26-17-19-27(40-3)20-18-26/h5-21,30H,4,22H2,1-3H3,(H,34,39). The second kappa shape index (κ2) is 11.9. The van der Waals surface area contributed by atoms with Crippen LogP contribution in [0.25, 0.3) is 16.6 Å². The maximum Gasteiger partial charge on any atom is 0.322 e. The number of aromatic nitrogens is 2. The van der Waals surface area contributed by atoms with E-state index in [4.69, 9.17) is 9.72 Å². The quantitative estimate of drug-likeness (QED) is 0.236. The van der Waals surface area contributed by atoms with Gasteiger partial charge < -0.3 is 15.0 Å². The first-order valence-electron chi connectivity index (χ1n) is 13.3. The van der Waals surface area contributed by atoms with Gasteiger partial charge in [-0.2, -0.15) is 0 Å². The first kappa shape index (κ1) is 26.7. The highest BCUT2D eigenvalue weighted by Crippen LogP contribution is 2.29. The van der Waals surface area contributed by atoms with E-state index in [-0.39, 0.29) is 11.6 Å². The molecule has 2 amide bonds. The monoisotopic (exact) mass is 532 g/mol. The molecule has 0 spiro atoms. The molecular weight excluding hydrogens is 500 g/mol. The average molecular weight is 533 g/mol. The van der Waals surface area contributed by atoms with E-state index < -0.39 is 6.04 Å². The SMILES string of the molecule is CCC(c1nc2ccccc2c(=O)n1-c1ccc(OC)cc1)N(Cc1ccccc1)C(=O)Nc1cccc(C)c1. The van der Waals surface area contributed by atoms with Gasteiger partial charge in [0.25, 0.3) is 5.56 Å². The number of amides is 2. The third-order valence-electron chi connectivity index (χ3n) is 6.92. The maximum absolute atomic E-state index is 14.0. The predicted molar refractivity (Wildman–Crippen MR) is 159 cm³/mol. The average Bonchev–Trinajstić information content (AvgIpc) is 2.98. The van der Waals surface area contributed by atoms with Crippen molar-refractivity contribution in [1.29, 1.82) is 0 Å². The third-order valence-corrected chi connectivity index (χ3v) is 6.92. The van der Waals surface area contributed by atoms with Crippen LogP contribution in [0.4, 0.5) is 10.5 Å². The van der Waals surface area contributed by atoms with E-state index in [1.54, 1.807) is 22.6 Å². The fourth-order valence-corrected chi connectivity index (χ4v) is 4.92. The molecule has 40 heavy (non-hydrogen) atoms. The number of methoxy groups -OCH3 is 1. The Morgan fingerprint density at radius 2 is 1.68 bits per heavy atom. The van der Waals surface area contributed by atoms with Gasteiger partial charge in [0.05, 0.1) is 29.7 Å². The maximum atomic E-state index is 14.0. The Bertz CT molecular complexity index is 1680. The van der Waals surface area contributed by atoms with Crippen LogP contribution in [0.3, 0.4) is 0 Å². The predicted octanol–water partition coefficient (Wildman–Crippen LogP) is 6.89. The Morgan fingerprint density at radius 3 is 2.38 bits per heavy atom. The number of nitrogens with one attached hydrogen (secondary N) is 1. The van der Waals surface area contributed by atoms with Crippen LogP contribution in [-0.4, -0.2) is 27.6 Å². The van der Waals surface area contributed by atoms with Gasteiger partial charge in [-0.05, 0) is 73.0 Å². The zero-order chi connectivity index (χ0) is 28.1. The van der Waals surface area contributed by atoms with Crippen LogP contribution >= 0.6 is 0 Å². The molecule has 1 atom stereocenters. The molecular formula is C33H32N4O3. The topological polar surface area (TPSA) is 76.5 Å². The minimum absolute atomic E-state index is 0.192. The Morgan fingerprint density at radius 1 is 0.950 bits per heavy atom. The number of fused-ring (bicyclic) bond motifs is 1. The summed E-state index contributed by atoms with van der Waals surface area (Å²) in [6, 6.07) is 31.4. The van der Waals surface area contributed by atoms with Crippen LogP contribution in [0, 0.1) is 6.92 Å². The summed E-state index contributed by atoms with van der Waals surface area (Å²) in [5.74, 6) is 1.18. The highest BCUT2D eigenvalue weighted by atomic mass is 16.5. The lowest BCUT2D eigenvalue weighted by Crippen LogP contribution is -2.40. The van der Waals surface area contributed by atoms with Gasteiger partial charge in [0.15, 0.2) is 0 Å². The Labute approximate surface area is 233 Å². The van der Waals surface area contributed by atoms with Gasteiger partial charge >= 0.3 is 6.03 Å². The molecule has 7 nitrogen and oxygen atoms in total. The molecule has 4 aromatic carbocycles. The van der Waals surface area contributed by atoms with E-state index in [2.05, 4.69) is 5.32 Å². The number of carbonyl (C=O) groups is 1. The molecule has 1 N–H and O–H groups in total. The molecule has 0 aliphatic carbocycles. The minimum Gasteiger partial charge on any atom is -0.497 e. The van der Waals surface area contributed by atoms with E-state index in [0.29, 0.717) is 46.8 Å². The number of ether oxygens (including phenoxy) is 1. The van der Waals surface area contributed by atoms with Crippen LogP contribution in [0.1, 0.15) is 36.3 Å². The zero-order valence-electron chi connectivity index (χ0n) is 22.9. The second-order valence-corrected chi connectivity index (χ2v) is 9.66. The molecule has 5 aromatic rings. The van der Waals surface area contributed by atoms with Crippen molar-refractivity contribution in [2.45, 2.75) is 32.9 Å². The molecule has 0 aliphatic rings. The summed E-state index contributed by atoms with van der Waals surface area (Å²) in [4.78, 5) is 34.7. The van der Waals surface area contributed by atoms with Crippen molar-refractivity contribution in [1.82, 2.24) is 14.5 Å². The van der Waals surface area contributed by atoms with Gasteiger partial charge in [-0.1, -0.05) is 61.5 Å². The second-order valence-electron chi connectivity index (χ2n) is 9.66. The number of urea groups is 1. The van der Waals surface area contributed by atoms with E-state index >= 15 is 0 Å². The van der Waals surface area contributed by atoms with Gasteiger partial charge in [0.2, 0.25) is 0 Å². The highest BCUT2D eigenvalue weighted by molar-refractivity contribution is 5.89. The lowest BCUT2D eigenvalue weighted by molar-refractivity contribution is 0.177. The van der Waals surface area contributed by atoms with Gasteiger partial charge in [-0.25, -0.2) is 9.78 Å². The molecule has 0 saturated carbocycles. The summed E-state index contributed by atoms with van der Waals surface area (Å²) in [7, 11) is 1.60. The number of hydrogen-bond acceptors (Lipinski definition) is 4. The van der Waals surface area contributed by atoms with E-state index in [1.807, 2.05) is 111 Å². The van der Waals surface area contributed by atoms with Crippen LogP contribution in [0.2, 0.25) is 0 Å². The van der Waals surface area contributed by atoms with E-state index in [0.717, 1.165) is 11.1 Å². The first-order valence-corrected chi connectivity index (χ1v) is 13.3. The van der Waals surface area contributed by atoms with Crippen LogP contribution in [-0.2, 0) is 6.54 Å². The normalized spacial score (nSPS) is 11.7. The fraction of sp³-hybridized carbons (Fsp3) is 0.182. The molecule has 1 aromatic heterocycles. The van der Waals surface area contributed by atoms with Crippen molar-refractivity contribution in [2.24, 2.45) is 0 Å². The lowest BCUT2D eigenvalue weighted by Gasteiger charge is -2.32. The highest BCUT2D eigenvalue weighted by Gasteiger charge is 2.29. The van der Waals surface area contributed by atoms with Crippen LogP contribution in [0.5, 0.6) is 5.75 Å². The van der Waals surface area contributed by atoms with Crippen molar-refractivity contribution in [3.8, 4) is 11.4 Å². The Balaban J connectivity index is 1.67. The molecule has 202 valence electrons. The number of para-hydroxylation sites is 1. The van der Waals surface area contributed by atoms with Crippen LogP contribution in [0.15, 0.2) is 108 Å². The summed E-state index contributed by atoms with van der Waals surface area (Å²) in [5.41, 5.74) is 3.77. The number of hydrogen-bond donors (Lipinski definition) is 1. The number of benzene rings is 4. The molecule has 0 fully saturated rings. The molecule has 0 saturated heterocycles. The van der Waals surface area contributed by atoms with Crippen molar-refractivity contribution < 1.29 is 9.53 Å². The van der Waals surface area contributed by atoms with Gasteiger partial charge in [-0.3, -0.25) is 9.36 Å². The number of nitrogens with zero attached hydrogens (tertiary/aromatic N) is 3. The summed E-state index contributed by atoms with van der Waals surface area (Å²) in [6.45, 7) is 4.32. The lowest BCUT2D eigenvalue weighted by atomic mass is 10.1. The molecule has 5 rings (SSSR count). The van der Waals surface area contributed by atoms with Gasteiger partial charge in [-0.15, -0.1) is 0 Å². The van der Waals surface area contributed by atoms with Crippen molar-refractivity contribution in [3.63, 3.8) is 0 Å². The number of carbonyl (C=O) groups excluding carboxylic acids is 1. The minimum atomic E-state index is -0.510. The molecule has 0 aliphatic heterocycles. The summed E-state index contributed by atoms with van der Waals surface area (Å²) < 4.78 is 6.96. The van der Waals surface area contributed by atoms with E-state index in [9.17, 15) is 9.59 Å². The van der Waals surface area contributed by atoms with E-state index in [1.165, 1.54) is 0 Å². The number of aryl methyl sites for hydroxylation is 1. The number of rotatable bonds is 8. The summed E-state index contributed by atoms with van der Waals surface area (Å²) in [6.07, 6.45) is 0.537. The molecule has 7 heteroatoms. The third kappa shape index (κ3) is 5.59. The molecule has 1 heterocycles. The fourth-order valence-electron chi connectivity index (χ4n) is 4.92. The van der Waals surface area contributed by atoms with Gasteiger partial charge in [0.1, 0.15) is 11.6 Å². The molecule has 0 bridgehead atoms. The Hall–Kier alpha value is -4.91. The van der Waals surface area contributed by atoms with Crippen molar-refractivity contribution in [3.05, 3.63) is 130 Å². The summed E-state index contributed by atoms with van der Waals surface area (Å²) in [5, 5.41) is 3.58. The van der Waals surface area contributed by atoms with Crippen molar-refractivity contribution >= 4 is 22.6 Å². The Kier molecular flexibility index (Phi) is 7.92. The van der Waals surface area contributed by atoms with Gasteiger partial charge in [0, 0.05) is 12.2 Å². The summed E-state index contributed by atoms with van der Waals surface area (Å²) >= 11 is 0.